The van der Waals surface area contributed by atoms with E-state index in [0.717, 1.165) is 5.56 Å². The van der Waals surface area contributed by atoms with Crippen LogP contribution < -0.4 is 21.3 Å². The van der Waals surface area contributed by atoms with Crippen LogP contribution in [0.1, 0.15) is 24.1 Å². The summed E-state index contributed by atoms with van der Waals surface area (Å²) in [6.07, 6.45) is 2.33. The number of carbonyl (C=O) groups excluding carboxylic acids is 3. The number of pyridine rings is 1. The number of anilines is 1. The number of aromatic nitrogens is 1. The van der Waals surface area contributed by atoms with Crippen molar-refractivity contribution in [1.29, 1.82) is 0 Å². The van der Waals surface area contributed by atoms with Gasteiger partial charge in [-0.05, 0) is 47.0 Å². The minimum absolute atomic E-state index is 0.200. The van der Waals surface area contributed by atoms with Crippen LogP contribution in [-0.2, 0) is 20.9 Å². The lowest BCUT2D eigenvalue weighted by molar-refractivity contribution is -0.120. The summed E-state index contributed by atoms with van der Waals surface area (Å²) >= 11 is 0. The van der Waals surface area contributed by atoms with Crippen molar-refractivity contribution in [2.75, 3.05) is 18.0 Å². The Morgan fingerprint density at radius 3 is 2.53 bits per heavy atom. The molecule has 4 N–H and O–H groups in total. The van der Waals surface area contributed by atoms with Crippen LogP contribution in [0.5, 0.6) is 0 Å². The number of nitrogens with one attached hydrogen (secondary N) is 2. The van der Waals surface area contributed by atoms with Crippen LogP contribution in [0.15, 0.2) is 67.0 Å². The van der Waals surface area contributed by atoms with Gasteiger partial charge >= 0.3 is 6.09 Å². The number of cyclic esters (lactones) is 1. The highest BCUT2D eigenvalue weighted by atomic mass is 19.1. The summed E-state index contributed by atoms with van der Waals surface area (Å²) in [4.78, 5) is 40.8. The highest BCUT2D eigenvalue weighted by molar-refractivity contribution is 5.90. The molecular formula is C26H26FN5O4. The van der Waals surface area contributed by atoms with E-state index in [2.05, 4.69) is 15.6 Å². The first kappa shape index (κ1) is 24.8. The normalized spacial score (nSPS) is 15.9. The molecule has 1 aromatic heterocycles. The fraction of sp³-hybridized carbons (Fsp3) is 0.231. The monoisotopic (exact) mass is 491 g/mol. The summed E-state index contributed by atoms with van der Waals surface area (Å²) in [5.41, 5.74) is 8.44. The van der Waals surface area contributed by atoms with Gasteiger partial charge in [-0.2, -0.15) is 0 Å². The van der Waals surface area contributed by atoms with Crippen molar-refractivity contribution in [3.63, 3.8) is 0 Å². The van der Waals surface area contributed by atoms with E-state index in [-0.39, 0.29) is 12.5 Å². The number of carbonyl (C=O) groups is 3. The molecule has 1 aliphatic heterocycles. The first-order chi connectivity index (χ1) is 17.3. The summed E-state index contributed by atoms with van der Waals surface area (Å²) in [6.45, 7) is 2.29. The van der Waals surface area contributed by atoms with Gasteiger partial charge < -0.3 is 15.8 Å². The van der Waals surface area contributed by atoms with Gasteiger partial charge in [0, 0.05) is 37.1 Å². The number of nitrogens with two attached hydrogens (primary N) is 1. The molecule has 0 bridgehead atoms. The molecule has 0 radical (unpaired) electrons. The maximum Gasteiger partial charge on any atom is 0.414 e. The largest absolute Gasteiger partial charge is 0.442 e. The van der Waals surface area contributed by atoms with Crippen molar-refractivity contribution in [3.05, 3.63) is 83.9 Å². The lowest BCUT2D eigenvalue weighted by atomic mass is 9.99. The molecule has 1 aliphatic rings. The molecule has 3 aromatic rings. The second kappa shape index (κ2) is 11.0. The SMILES string of the molecule is CC(=O)NC[C@H]1CN(c2ccc(-c3ccc(C(NCc4ccncc4)C(N)=O)cc3F)cc2)C(=O)O1. The van der Waals surface area contributed by atoms with E-state index >= 15 is 4.39 Å². The number of hydrogen-bond acceptors (Lipinski definition) is 6. The van der Waals surface area contributed by atoms with E-state index in [9.17, 15) is 14.4 Å². The minimum Gasteiger partial charge on any atom is -0.442 e. The predicted octanol–water partition coefficient (Wildman–Crippen LogP) is 2.67. The zero-order chi connectivity index (χ0) is 25.7. The molecule has 36 heavy (non-hydrogen) atoms. The molecule has 0 aliphatic carbocycles. The molecule has 4 rings (SSSR count). The second-order valence-electron chi connectivity index (χ2n) is 8.41. The number of ether oxygens (including phenoxy) is 1. The van der Waals surface area contributed by atoms with Gasteiger partial charge in [0.2, 0.25) is 11.8 Å². The molecule has 2 atom stereocenters. The van der Waals surface area contributed by atoms with Gasteiger partial charge in [-0.25, -0.2) is 9.18 Å². The topological polar surface area (TPSA) is 127 Å². The molecule has 2 heterocycles. The summed E-state index contributed by atoms with van der Waals surface area (Å²) < 4.78 is 20.4. The number of amides is 3. The first-order valence-electron chi connectivity index (χ1n) is 11.4. The Morgan fingerprint density at radius 2 is 1.89 bits per heavy atom. The lowest BCUT2D eigenvalue weighted by Gasteiger charge is -2.17. The van der Waals surface area contributed by atoms with Gasteiger partial charge in [0.1, 0.15) is 18.0 Å². The number of nitrogens with zero attached hydrogens (tertiary/aromatic N) is 2. The standard InChI is InChI=1S/C26H26FN5O4/c1-16(33)30-14-21-15-32(26(35)36-21)20-5-2-18(3-6-20)22-7-4-19(12-23(22)27)24(25(28)34)31-13-17-8-10-29-11-9-17/h2-12,21,24,31H,13-15H2,1H3,(H2,28,34)(H,30,33)/t21-,24?/m0/s1. The molecular weight excluding hydrogens is 465 g/mol. The smallest absolute Gasteiger partial charge is 0.414 e. The molecule has 3 amide bonds. The minimum atomic E-state index is -0.865. The predicted molar refractivity (Wildman–Crippen MR) is 131 cm³/mol. The third kappa shape index (κ3) is 5.84. The van der Waals surface area contributed by atoms with E-state index < -0.39 is 30.0 Å². The number of rotatable bonds is 9. The molecule has 0 saturated carbocycles. The average Bonchev–Trinajstić information content (AvgIpc) is 3.24. The van der Waals surface area contributed by atoms with E-state index in [4.69, 9.17) is 10.5 Å². The fourth-order valence-corrected chi connectivity index (χ4v) is 3.97. The molecule has 186 valence electrons. The maximum absolute atomic E-state index is 15.1. The van der Waals surface area contributed by atoms with Crippen LogP contribution in [0.3, 0.4) is 0 Å². The van der Waals surface area contributed by atoms with Crippen LogP contribution in [0.4, 0.5) is 14.9 Å². The van der Waals surface area contributed by atoms with E-state index in [0.29, 0.717) is 35.5 Å². The maximum atomic E-state index is 15.1. The first-order valence-corrected chi connectivity index (χ1v) is 11.4. The van der Waals surface area contributed by atoms with Crippen molar-refractivity contribution in [1.82, 2.24) is 15.6 Å². The number of benzene rings is 2. The third-order valence-electron chi connectivity index (χ3n) is 5.81. The average molecular weight is 492 g/mol. The molecule has 1 saturated heterocycles. The van der Waals surface area contributed by atoms with Gasteiger partial charge in [-0.1, -0.05) is 24.3 Å². The molecule has 2 aromatic carbocycles. The third-order valence-corrected chi connectivity index (χ3v) is 5.81. The molecule has 0 spiro atoms. The zero-order valence-corrected chi connectivity index (χ0v) is 19.6. The van der Waals surface area contributed by atoms with Gasteiger partial charge in [0.25, 0.3) is 0 Å². The van der Waals surface area contributed by atoms with Crippen molar-refractivity contribution >= 4 is 23.6 Å². The van der Waals surface area contributed by atoms with Gasteiger partial charge in [-0.15, -0.1) is 0 Å². The Morgan fingerprint density at radius 1 is 1.17 bits per heavy atom. The molecule has 10 heteroatoms. The second-order valence-corrected chi connectivity index (χ2v) is 8.41. The summed E-state index contributed by atoms with van der Waals surface area (Å²) in [7, 11) is 0. The number of halogens is 1. The van der Waals surface area contributed by atoms with E-state index in [1.54, 1.807) is 48.8 Å². The molecule has 9 nitrogen and oxygen atoms in total. The Bertz CT molecular complexity index is 1250. The quantitative estimate of drug-likeness (QED) is 0.422. The summed E-state index contributed by atoms with van der Waals surface area (Å²) in [6, 6.07) is 14.1. The number of primary amides is 1. The zero-order valence-electron chi connectivity index (χ0n) is 19.6. The van der Waals surface area contributed by atoms with Gasteiger partial charge in [0.05, 0.1) is 13.1 Å². The van der Waals surface area contributed by atoms with Gasteiger partial charge in [0.15, 0.2) is 0 Å². The fourth-order valence-electron chi connectivity index (χ4n) is 3.97. The molecule has 1 fully saturated rings. The molecule has 1 unspecified atom stereocenters. The Hall–Kier alpha value is -4.31. The van der Waals surface area contributed by atoms with Crippen LogP contribution in [0.2, 0.25) is 0 Å². The Balaban J connectivity index is 1.46. The lowest BCUT2D eigenvalue weighted by Crippen LogP contribution is -2.33. The van der Waals surface area contributed by atoms with E-state index in [1.807, 2.05) is 12.1 Å². The Kier molecular flexibility index (Phi) is 7.55. The van der Waals surface area contributed by atoms with Crippen molar-refractivity contribution in [2.24, 2.45) is 5.73 Å². The van der Waals surface area contributed by atoms with Crippen molar-refractivity contribution in [3.8, 4) is 11.1 Å². The highest BCUT2D eigenvalue weighted by Gasteiger charge is 2.32. The van der Waals surface area contributed by atoms with E-state index in [1.165, 1.54) is 17.9 Å². The number of hydrogen-bond donors (Lipinski definition) is 3. The van der Waals surface area contributed by atoms with Crippen LogP contribution in [-0.4, -0.2) is 42.1 Å². The van der Waals surface area contributed by atoms with Crippen molar-refractivity contribution < 1.29 is 23.5 Å². The van der Waals surface area contributed by atoms with Gasteiger partial charge in [-0.3, -0.25) is 24.8 Å². The Labute approximate surface area is 207 Å². The summed E-state index contributed by atoms with van der Waals surface area (Å²) in [5.74, 6) is -1.32. The van der Waals surface area contributed by atoms with Crippen molar-refractivity contribution in [2.45, 2.75) is 25.6 Å². The van der Waals surface area contributed by atoms with Crippen LogP contribution in [0, 0.1) is 5.82 Å². The van der Waals surface area contributed by atoms with Crippen LogP contribution >= 0.6 is 0 Å². The highest BCUT2D eigenvalue weighted by Crippen LogP contribution is 2.29. The summed E-state index contributed by atoms with van der Waals surface area (Å²) in [5, 5.41) is 5.69. The van der Waals surface area contributed by atoms with Crippen LogP contribution in [0.25, 0.3) is 11.1 Å².